The number of hydrogen-bond donors (Lipinski definition) is 1. The van der Waals surface area contributed by atoms with E-state index in [0.29, 0.717) is 18.4 Å². The van der Waals surface area contributed by atoms with Crippen molar-refractivity contribution in [1.29, 1.82) is 0 Å². The number of benzene rings is 1. The lowest BCUT2D eigenvalue weighted by Crippen LogP contribution is -2.03. The molecule has 5 heteroatoms. The Morgan fingerprint density at radius 3 is 2.88 bits per heavy atom. The standard InChI is InChI=1S/C12H16N2O3/c1-2-7-17-12-8-10(13-9-3-4-9)5-6-11(12)14(15)16/h5-6,8-9,13H,2-4,7H2,1H3. The molecule has 17 heavy (non-hydrogen) atoms. The lowest BCUT2D eigenvalue weighted by molar-refractivity contribution is -0.385. The van der Waals surface area contributed by atoms with Crippen LogP contribution < -0.4 is 10.1 Å². The second kappa shape index (κ2) is 5.03. The summed E-state index contributed by atoms with van der Waals surface area (Å²) in [6.07, 6.45) is 3.17. The molecule has 0 heterocycles. The summed E-state index contributed by atoms with van der Waals surface area (Å²) in [4.78, 5) is 10.4. The number of anilines is 1. The molecular formula is C12H16N2O3. The third-order valence-corrected chi connectivity index (χ3v) is 2.57. The average Bonchev–Trinajstić information content (AvgIpc) is 3.10. The first-order valence-corrected chi connectivity index (χ1v) is 5.88. The molecule has 2 rings (SSSR count). The number of nitro benzene ring substituents is 1. The molecule has 0 aliphatic heterocycles. The van der Waals surface area contributed by atoms with Gasteiger partial charge >= 0.3 is 5.69 Å². The Hall–Kier alpha value is -1.78. The van der Waals surface area contributed by atoms with Crippen molar-refractivity contribution in [1.82, 2.24) is 0 Å². The minimum Gasteiger partial charge on any atom is -0.487 e. The van der Waals surface area contributed by atoms with Gasteiger partial charge in [0.25, 0.3) is 0 Å². The summed E-state index contributed by atoms with van der Waals surface area (Å²) in [5, 5.41) is 14.1. The Bertz CT molecular complexity index is 416. The molecule has 1 aliphatic rings. The molecule has 1 aliphatic carbocycles. The summed E-state index contributed by atoms with van der Waals surface area (Å²) in [6.45, 7) is 2.46. The number of hydrogen-bond acceptors (Lipinski definition) is 4. The SMILES string of the molecule is CCCOc1cc(NC2CC2)ccc1[N+](=O)[O-]. The smallest absolute Gasteiger partial charge is 0.311 e. The number of rotatable bonds is 6. The molecule has 0 saturated heterocycles. The summed E-state index contributed by atoms with van der Waals surface area (Å²) in [5.41, 5.74) is 0.920. The van der Waals surface area contributed by atoms with Crippen LogP contribution in [0.1, 0.15) is 26.2 Å². The lowest BCUT2D eigenvalue weighted by atomic mass is 10.2. The molecule has 0 spiro atoms. The van der Waals surface area contributed by atoms with Crippen molar-refractivity contribution in [3.8, 4) is 5.75 Å². The van der Waals surface area contributed by atoms with Crippen LogP contribution in [0.3, 0.4) is 0 Å². The van der Waals surface area contributed by atoms with Crippen LogP contribution in [-0.2, 0) is 0 Å². The van der Waals surface area contributed by atoms with Crippen molar-refractivity contribution in [2.24, 2.45) is 0 Å². The highest BCUT2D eigenvalue weighted by molar-refractivity contribution is 5.58. The van der Waals surface area contributed by atoms with Crippen LogP contribution in [0.25, 0.3) is 0 Å². The molecule has 1 saturated carbocycles. The molecule has 0 aromatic heterocycles. The van der Waals surface area contributed by atoms with Crippen LogP contribution in [0, 0.1) is 10.1 Å². The van der Waals surface area contributed by atoms with Crippen molar-refractivity contribution in [3.63, 3.8) is 0 Å². The molecule has 0 amide bonds. The molecule has 1 aromatic carbocycles. The maximum Gasteiger partial charge on any atom is 0.311 e. The van der Waals surface area contributed by atoms with Gasteiger partial charge in [-0.25, -0.2) is 0 Å². The average molecular weight is 236 g/mol. The van der Waals surface area contributed by atoms with Crippen LogP contribution in [-0.4, -0.2) is 17.6 Å². The van der Waals surface area contributed by atoms with Gasteiger partial charge in [0.15, 0.2) is 5.75 Å². The van der Waals surface area contributed by atoms with E-state index in [1.807, 2.05) is 6.92 Å². The van der Waals surface area contributed by atoms with Crippen molar-refractivity contribution in [3.05, 3.63) is 28.3 Å². The Kier molecular flexibility index (Phi) is 3.46. The molecule has 0 atom stereocenters. The third kappa shape index (κ3) is 3.09. The minimum atomic E-state index is -0.411. The molecule has 0 unspecified atom stereocenters. The number of nitro groups is 1. The van der Waals surface area contributed by atoms with Gasteiger partial charge < -0.3 is 10.1 Å². The summed E-state index contributed by atoms with van der Waals surface area (Å²) < 4.78 is 5.41. The van der Waals surface area contributed by atoms with E-state index in [-0.39, 0.29) is 5.69 Å². The van der Waals surface area contributed by atoms with Gasteiger partial charge in [-0.3, -0.25) is 10.1 Å². The molecule has 1 fully saturated rings. The zero-order valence-corrected chi connectivity index (χ0v) is 9.81. The van der Waals surface area contributed by atoms with Crippen molar-refractivity contribution >= 4 is 11.4 Å². The van der Waals surface area contributed by atoms with Crippen LogP contribution in [0.15, 0.2) is 18.2 Å². The van der Waals surface area contributed by atoms with E-state index in [1.54, 1.807) is 12.1 Å². The van der Waals surface area contributed by atoms with Crippen molar-refractivity contribution < 1.29 is 9.66 Å². The van der Waals surface area contributed by atoms with Gasteiger partial charge in [-0.05, 0) is 25.3 Å². The van der Waals surface area contributed by atoms with Gasteiger partial charge in [0.2, 0.25) is 0 Å². The lowest BCUT2D eigenvalue weighted by Gasteiger charge is -2.09. The molecule has 5 nitrogen and oxygen atoms in total. The number of nitrogens with zero attached hydrogens (tertiary/aromatic N) is 1. The molecule has 0 bridgehead atoms. The van der Waals surface area contributed by atoms with Crippen LogP contribution in [0.4, 0.5) is 11.4 Å². The van der Waals surface area contributed by atoms with E-state index in [2.05, 4.69) is 5.32 Å². The van der Waals surface area contributed by atoms with E-state index in [9.17, 15) is 10.1 Å². The highest BCUT2D eigenvalue weighted by atomic mass is 16.6. The molecular weight excluding hydrogens is 220 g/mol. The third-order valence-electron chi connectivity index (χ3n) is 2.57. The molecule has 92 valence electrons. The van der Waals surface area contributed by atoms with E-state index in [4.69, 9.17) is 4.74 Å². The Morgan fingerprint density at radius 1 is 1.53 bits per heavy atom. The topological polar surface area (TPSA) is 64.4 Å². The second-order valence-electron chi connectivity index (χ2n) is 4.21. The first-order valence-electron chi connectivity index (χ1n) is 5.88. The first kappa shape index (κ1) is 11.7. The summed E-state index contributed by atoms with van der Waals surface area (Å²) in [6, 6.07) is 5.47. The summed E-state index contributed by atoms with van der Waals surface area (Å²) >= 11 is 0. The minimum absolute atomic E-state index is 0.0276. The summed E-state index contributed by atoms with van der Waals surface area (Å²) in [7, 11) is 0. The Morgan fingerprint density at radius 2 is 2.29 bits per heavy atom. The Balaban J connectivity index is 2.17. The largest absolute Gasteiger partial charge is 0.487 e. The van der Waals surface area contributed by atoms with Crippen LogP contribution >= 0.6 is 0 Å². The predicted octanol–water partition coefficient (Wildman–Crippen LogP) is 2.96. The fourth-order valence-corrected chi connectivity index (χ4v) is 1.55. The summed E-state index contributed by atoms with van der Waals surface area (Å²) in [5.74, 6) is 0.350. The fourth-order valence-electron chi connectivity index (χ4n) is 1.55. The maximum atomic E-state index is 10.8. The maximum absolute atomic E-state index is 10.8. The molecule has 1 aromatic rings. The van der Waals surface area contributed by atoms with Gasteiger partial charge in [-0.15, -0.1) is 0 Å². The van der Waals surface area contributed by atoms with E-state index >= 15 is 0 Å². The van der Waals surface area contributed by atoms with Gasteiger partial charge in [0.05, 0.1) is 11.5 Å². The molecule has 0 radical (unpaired) electrons. The van der Waals surface area contributed by atoms with E-state index in [1.165, 1.54) is 18.9 Å². The van der Waals surface area contributed by atoms with E-state index < -0.39 is 4.92 Å². The van der Waals surface area contributed by atoms with Crippen molar-refractivity contribution in [2.45, 2.75) is 32.2 Å². The van der Waals surface area contributed by atoms with Gasteiger partial charge in [-0.1, -0.05) is 6.92 Å². The van der Waals surface area contributed by atoms with E-state index in [0.717, 1.165) is 12.1 Å². The van der Waals surface area contributed by atoms with Gasteiger partial charge in [-0.2, -0.15) is 0 Å². The quantitative estimate of drug-likeness (QED) is 0.609. The Labute approximate surface area is 99.9 Å². The van der Waals surface area contributed by atoms with Crippen molar-refractivity contribution in [2.75, 3.05) is 11.9 Å². The number of nitrogens with one attached hydrogen (secondary N) is 1. The monoisotopic (exact) mass is 236 g/mol. The second-order valence-corrected chi connectivity index (χ2v) is 4.21. The zero-order valence-electron chi connectivity index (χ0n) is 9.81. The zero-order chi connectivity index (χ0) is 12.3. The molecule has 1 N–H and O–H groups in total. The van der Waals surface area contributed by atoms with Crippen LogP contribution in [0.2, 0.25) is 0 Å². The number of ether oxygens (including phenoxy) is 1. The first-order chi connectivity index (χ1) is 8.20. The fraction of sp³-hybridized carbons (Fsp3) is 0.500. The highest BCUT2D eigenvalue weighted by Gasteiger charge is 2.22. The predicted molar refractivity (Wildman–Crippen MR) is 65.5 cm³/mol. The normalized spacial score (nSPS) is 14.4. The highest BCUT2D eigenvalue weighted by Crippen LogP contribution is 2.32. The van der Waals surface area contributed by atoms with Gasteiger partial charge in [0, 0.05) is 23.9 Å². The van der Waals surface area contributed by atoms with Gasteiger partial charge in [0.1, 0.15) is 0 Å². The van der Waals surface area contributed by atoms with Crippen LogP contribution in [0.5, 0.6) is 5.75 Å².